The highest BCUT2D eigenvalue weighted by Gasteiger charge is 2.26. The van der Waals surface area contributed by atoms with Crippen molar-refractivity contribution in [1.29, 1.82) is 0 Å². The lowest BCUT2D eigenvalue weighted by Crippen LogP contribution is -2.33. The molecule has 0 spiro atoms. The molecule has 0 amide bonds. The van der Waals surface area contributed by atoms with E-state index in [4.69, 9.17) is 16.3 Å². The fourth-order valence-corrected chi connectivity index (χ4v) is 3.78. The number of halogens is 2. The summed E-state index contributed by atoms with van der Waals surface area (Å²) < 4.78 is 6.36. The summed E-state index contributed by atoms with van der Waals surface area (Å²) in [7, 11) is 1.69. The molecule has 1 aromatic rings. The third-order valence-corrected chi connectivity index (χ3v) is 4.82. The summed E-state index contributed by atoms with van der Waals surface area (Å²) in [6.07, 6.45) is 3.81. The van der Waals surface area contributed by atoms with Crippen molar-refractivity contribution >= 4 is 33.2 Å². The molecule has 0 aliphatic heterocycles. The second-order valence-electron chi connectivity index (χ2n) is 5.61. The number of methoxy groups -OCH3 is 1. The lowest BCUT2D eigenvalue weighted by molar-refractivity contribution is 0.280. The monoisotopic (exact) mass is 345 g/mol. The highest BCUT2D eigenvalue weighted by atomic mass is 79.9. The number of benzene rings is 1. The molecule has 0 heterocycles. The Morgan fingerprint density at radius 3 is 2.74 bits per heavy atom. The summed E-state index contributed by atoms with van der Waals surface area (Å²) in [5, 5.41) is 4.34. The zero-order chi connectivity index (χ0) is 14.0. The minimum absolute atomic E-state index is 0.489. The first kappa shape index (κ1) is 15.0. The van der Waals surface area contributed by atoms with Gasteiger partial charge in [-0.15, -0.1) is 0 Å². The van der Waals surface area contributed by atoms with Crippen molar-refractivity contribution in [1.82, 2.24) is 0 Å². The van der Waals surface area contributed by atoms with Crippen molar-refractivity contribution < 1.29 is 4.74 Å². The van der Waals surface area contributed by atoms with Gasteiger partial charge < -0.3 is 10.1 Å². The van der Waals surface area contributed by atoms with Crippen LogP contribution >= 0.6 is 27.5 Å². The maximum absolute atomic E-state index is 6.14. The van der Waals surface area contributed by atoms with Gasteiger partial charge in [-0.2, -0.15) is 0 Å². The van der Waals surface area contributed by atoms with Crippen LogP contribution in [-0.4, -0.2) is 13.2 Å². The van der Waals surface area contributed by atoms with Crippen LogP contribution in [0.2, 0.25) is 5.02 Å². The molecule has 0 saturated heterocycles. The number of rotatable bonds is 3. The van der Waals surface area contributed by atoms with Crippen LogP contribution in [0.15, 0.2) is 16.6 Å². The molecule has 0 bridgehead atoms. The molecule has 3 unspecified atom stereocenters. The van der Waals surface area contributed by atoms with Crippen LogP contribution in [0, 0.1) is 11.8 Å². The molecule has 4 heteroatoms. The number of hydrogen-bond acceptors (Lipinski definition) is 2. The SMILES string of the molecule is COc1c(Br)cc(Cl)cc1NC1CC(C)CCC1C. The zero-order valence-electron chi connectivity index (χ0n) is 11.7. The summed E-state index contributed by atoms with van der Waals surface area (Å²) in [5.74, 6) is 2.29. The lowest BCUT2D eigenvalue weighted by Gasteiger charge is -2.34. The van der Waals surface area contributed by atoms with Gasteiger partial charge in [0.25, 0.3) is 0 Å². The largest absolute Gasteiger partial charge is 0.493 e. The first-order valence-electron chi connectivity index (χ1n) is 6.80. The van der Waals surface area contributed by atoms with Crippen LogP contribution in [-0.2, 0) is 0 Å². The standard InChI is InChI=1S/C15H21BrClNO/c1-9-4-5-10(2)13(6-9)18-14-8-11(17)7-12(16)15(14)19-3/h7-10,13,18H,4-6H2,1-3H3. The van der Waals surface area contributed by atoms with E-state index in [1.165, 1.54) is 19.3 Å². The molecule has 1 aliphatic carbocycles. The zero-order valence-corrected chi connectivity index (χ0v) is 14.0. The first-order valence-corrected chi connectivity index (χ1v) is 7.98. The molecule has 1 aromatic carbocycles. The molecule has 3 atom stereocenters. The quantitative estimate of drug-likeness (QED) is 0.796. The lowest BCUT2D eigenvalue weighted by atomic mass is 9.80. The Kier molecular flexibility index (Phi) is 5.02. The highest BCUT2D eigenvalue weighted by Crippen LogP contribution is 2.39. The van der Waals surface area contributed by atoms with E-state index in [1.54, 1.807) is 7.11 Å². The Morgan fingerprint density at radius 1 is 1.32 bits per heavy atom. The highest BCUT2D eigenvalue weighted by molar-refractivity contribution is 9.10. The molecular weight excluding hydrogens is 326 g/mol. The molecule has 0 radical (unpaired) electrons. The van der Waals surface area contributed by atoms with Gasteiger partial charge in [0.2, 0.25) is 0 Å². The Labute approximate surface area is 129 Å². The van der Waals surface area contributed by atoms with Gasteiger partial charge in [0.1, 0.15) is 0 Å². The van der Waals surface area contributed by atoms with E-state index in [0.717, 1.165) is 21.8 Å². The average Bonchev–Trinajstić information content (AvgIpc) is 2.33. The Bertz CT molecular complexity index is 452. The maximum Gasteiger partial charge on any atom is 0.156 e. The first-order chi connectivity index (χ1) is 9.01. The van der Waals surface area contributed by atoms with Crippen molar-refractivity contribution in [2.45, 2.75) is 39.2 Å². The van der Waals surface area contributed by atoms with Crippen LogP contribution in [0.25, 0.3) is 0 Å². The number of ether oxygens (including phenoxy) is 1. The topological polar surface area (TPSA) is 21.3 Å². The van der Waals surface area contributed by atoms with Gasteiger partial charge in [0.05, 0.1) is 17.3 Å². The van der Waals surface area contributed by atoms with E-state index in [1.807, 2.05) is 12.1 Å². The molecule has 2 nitrogen and oxygen atoms in total. The Hall–Kier alpha value is -0.410. The molecule has 1 fully saturated rings. The smallest absolute Gasteiger partial charge is 0.156 e. The molecule has 1 saturated carbocycles. The van der Waals surface area contributed by atoms with E-state index in [2.05, 4.69) is 35.1 Å². The Balaban J connectivity index is 2.22. The van der Waals surface area contributed by atoms with Crippen LogP contribution in [0.1, 0.15) is 33.1 Å². The molecule has 2 rings (SSSR count). The third kappa shape index (κ3) is 3.57. The third-order valence-electron chi connectivity index (χ3n) is 4.01. The Morgan fingerprint density at radius 2 is 2.05 bits per heavy atom. The van der Waals surface area contributed by atoms with Gasteiger partial charge in [-0.1, -0.05) is 31.9 Å². The minimum atomic E-state index is 0.489. The van der Waals surface area contributed by atoms with Crippen molar-refractivity contribution in [2.75, 3.05) is 12.4 Å². The van der Waals surface area contributed by atoms with E-state index in [0.29, 0.717) is 17.0 Å². The fraction of sp³-hybridized carbons (Fsp3) is 0.600. The van der Waals surface area contributed by atoms with Gasteiger partial charge in [-0.25, -0.2) is 0 Å². The van der Waals surface area contributed by atoms with Gasteiger partial charge >= 0.3 is 0 Å². The predicted octanol–water partition coefficient (Wildman–Crippen LogP) is 5.35. The van der Waals surface area contributed by atoms with Crippen LogP contribution in [0.4, 0.5) is 5.69 Å². The predicted molar refractivity (Wildman–Crippen MR) is 85.3 cm³/mol. The van der Waals surface area contributed by atoms with E-state index in [9.17, 15) is 0 Å². The van der Waals surface area contributed by atoms with Crippen molar-refractivity contribution in [3.05, 3.63) is 21.6 Å². The van der Waals surface area contributed by atoms with Gasteiger partial charge in [-0.05, 0) is 52.7 Å². The molecule has 1 aliphatic rings. The summed E-state index contributed by atoms with van der Waals surface area (Å²) in [5.41, 5.74) is 0.979. The number of nitrogens with one attached hydrogen (secondary N) is 1. The second-order valence-corrected chi connectivity index (χ2v) is 6.91. The molecule has 1 N–H and O–H groups in total. The number of hydrogen-bond donors (Lipinski definition) is 1. The van der Waals surface area contributed by atoms with E-state index >= 15 is 0 Å². The van der Waals surface area contributed by atoms with Crippen molar-refractivity contribution in [2.24, 2.45) is 11.8 Å². The van der Waals surface area contributed by atoms with Crippen LogP contribution in [0.5, 0.6) is 5.75 Å². The van der Waals surface area contributed by atoms with Crippen molar-refractivity contribution in [3.63, 3.8) is 0 Å². The molecular formula is C15H21BrClNO. The van der Waals surface area contributed by atoms with Crippen LogP contribution < -0.4 is 10.1 Å². The van der Waals surface area contributed by atoms with E-state index in [-0.39, 0.29) is 0 Å². The van der Waals surface area contributed by atoms with Gasteiger partial charge in [0.15, 0.2) is 5.75 Å². The second kappa shape index (κ2) is 6.36. The van der Waals surface area contributed by atoms with Gasteiger partial charge in [-0.3, -0.25) is 0 Å². The molecule has 0 aromatic heterocycles. The van der Waals surface area contributed by atoms with Gasteiger partial charge in [0, 0.05) is 11.1 Å². The minimum Gasteiger partial charge on any atom is -0.493 e. The van der Waals surface area contributed by atoms with E-state index < -0.39 is 0 Å². The average molecular weight is 347 g/mol. The number of anilines is 1. The summed E-state index contributed by atoms with van der Waals surface area (Å²) in [4.78, 5) is 0. The van der Waals surface area contributed by atoms with Crippen LogP contribution in [0.3, 0.4) is 0 Å². The maximum atomic E-state index is 6.14. The summed E-state index contributed by atoms with van der Waals surface area (Å²) in [6, 6.07) is 4.29. The summed E-state index contributed by atoms with van der Waals surface area (Å²) >= 11 is 9.64. The summed E-state index contributed by atoms with van der Waals surface area (Å²) in [6.45, 7) is 4.64. The van der Waals surface area contributed by atoms with Crippen molar-refractivity contribution in [3.8, 4) is 5.75 Å². The normalized spacial score (nSPS) is 27.1. The fourth-order valence-electron chi connectivity index (χ4n) is 2.81. The molecule has 106 valence electrons. The molecule has 19 heavy (non-hydrogen) atoms.